The van der Waals surface area contributed by atoms with Crippen molar-refractivity contribution < 1.29 is 14.7 Å². The fourth-order valence-corrected chi connectivity index (χ4v) is 3.09. The average Bonchev–Trinajstić information content (AvgIpc) is 2.52. The van der Waals surface area contributed by atoms with Crippen LogP contribution in [0.3, 0.4) is 0 Å². The monoisotopic (exact) mass is 314 g/mol. The Labute approximate surface area is 134 Å². The second-order valence-electron chi connectivity index (χ2n) is 5.00. The maximum atomic E-state index is 11.2. The zero-order valence-corrected chi connectivity index (χ0v) is 13.2. The molecule has 2 aromatic rings. The van der Waals surface area contributed by atoms with E-state index in [9.17, 15) is 14.7 Å². The standard InChI is InChI=1S/C18H18O3S/c1-13(19)22-17(18(20)21)12-11-15-9-5-6-10-16(15)14-7-3-2-4-8-14/h2-10,17H,11-12H2,1H3,(H,20,21). The minimum atomic E-state index is -0.933. The normalized spacial score (nSPS) is 11.9. The van der Waals surface area contributed by atoms with Gasteiger partial charge in [-0.1, -0.05) is 66.4 Å². The molecule has 2 rings (SSSR count). The lowest BCUT2D eigenvalue weighted by molar-refractivity contribution is -0.136. The second-order valence-corrected chi connectivity index (χ2v) is 6.38. The van der Waals surface area contributed by atoms with Gasteiger partial charge in [0.1, 0.15) is 5.25 Å². The van der Waals surface area contributed by atoms with Gasteiger partial charge < -0.3 is 5.11 Å². The molecule has 1 unspecified atom stereocenters. The summed E-state index contributed by atoms with van der Waals surface area (Å²) in [6, 6.07) is 18.0. The summed E-state index contributed by atoms with van der Waals surface area (Å²) in [5.74, 6) is -0.933. The van der Waals surface area contributed by atoms with Crippen molar-refractivity contribution in [3.8, 4) is 11.1 Å². The number of thioether (sulfide) groups is 1. The van der Waals surface area contributed by atoms with Crippen molar-refractivity contribution in [2.45, 2.75) is 25.0 Å². The topological polar surface area (TPSA) is 54.4 Å². The van der Waals surface area contributed by atoms with Crippen LogP contribution < -0.4 is 0 Å². The number of carbonyl (C=O) groups excluding carboxylic acids is 1. The van der Waals surface area contributed by atoms with Gasteiger partial charge >= 0.3 is 5.97 Å². The molecule has 0 saturated heterocycles. The second kappa shape index (κ2) is 7.80. The van der Waals surface area contributed by atoms with E-state index in [4.69, 9.17) is 0 Å². The van der Waals surface area contributed by atoms with Gasteiger partial charge in [-0.05, 0) is 29.5 Å². The molecule has 1 atom stereocenters. The van der Waals surface area contributed by atoms with E-state index in [1.807, 2.05) is 54.6 Å². The number of carboxylic acids is 1. The molecule has 0 heterocycles. The molecule has 2 aromatic carbocycles. The molecule has 3 nitrogen and oxygen atoms in total. The minimum absolute atomic E-state index is 0.163. The number of carbonyl (C=O) groups is 2. The predicted octanol–water partition coefficient (Wildman–Crippen LogP) is 4.02. The third kappa shape index (κ3) is 4.46. The number of carboxylic acid groups (broad SMARTS) is 1. The van der Waals surface area contributed by atoms with Crippen molar-refractivity contribution >= 4 is 22.8 Å². The van der Waals surface area contributed by atoms with Crippen LogP contribution in [0.1, 0.15) is 18.9 Å². The molecule has 0 fully saturated rings. The van der Waals surface area contributed by atoms with Crippen LogP contribution in [0, 0.1) is 0 Å². The van der Waals surface area contributed by atoms with Crippen LogP contribution in [0.15, 0.2) is 54.6 Å². The highest BCUT2D eigenvalue weighted by Gasteiger charge is 2.20. The molecule has 0 amide bonds. The first kappa shape index (κ1) is 16.3. The maximum Gasteiger partial charge on any atom is 0.317 e. The quantitative estimate of drug-likeness (QED) is 0.875. The third-order valence-electron chi connectivity index (χ3n) is 3.36. The fourth-order valence-electron chi connectivity index (χ4n) is 2.36. The van der Waals surface area contributed by atoms with Gasteiger partial charge in [0, 0.05) is 6.92 Å². The van der Waals surface area contributed by atoms with Crippen molar-refractivity contribution in [2.24, 2.45) is 0 Å². The highest BCUT2D eigenvalue weighted by Crippen LogP contribution is 2.26. The van der Waals surface area contributed by atoms with Crippen molar-refractivity contribution in [3.63, 3.8) is 0 Å². The summed E-state index contributed by atoms with van der Waals surface area (Å²) in [4.78, 5) is 22.4. The Morgan fingerprint density at radius 1 is 1.05 bits per heavy atom. The summed E-state index contributed by atoms with van der Waals surface area (Å²) in [7, 11) is 0. The molecule has 0 radical (unpaired) electrons. The van der Waals surface area contributed by atoms with Crippen molar-refractivity contribution in [2.75, 3.05) is 0 Å². The summed E-state index contributed by atoms with van der Waals surface area (Å²) in [6.45, 7) is 1.40. The molecular formula is C18H18O3S. The van der Waals surface area contributed by atoms with Crippen LogP contribution in [0.5, 0.6) is 0 Å². The lowest BCUT2D eigenvalue weighted by Crippen LogP contribution is -2.18. The Hall–Kier alpha value is -2.07. The minimum Gasteiger partial charge on any atom is -0.480 e. The first-order chi connectivity index (χ1) is 10.6. The van der Waals surface area contributed by atoms with E-state index in [0.717, 1.165) is 28.5 Å². The van der Waals surface area contributed by atoms with Gasteiger partial charge in [-0.15, -0.1) is 0 Å². The summed E-state index contributed by atoms with van der Waals surface area (Å²) in [6.07, 6.45) is 1.06. The molecule has 22 heavy (non-hydrogen) atoms. The van der Waals surface area contributed by atoms with Crippen LogP contribution in [-0.4, -0.2) is 21.4 Å². The number of benzene rings is 2. The highest BCUT2D eigenvalue weighted by molar-refractivity contribution is 8.14. The van der Waals surface area contributed by atoms with Gasteiger partial charge in [0.05, 0.1) is 0 Å². The van der Waals surface area contributed by atoms with Gasteiger partial charge in [-0.2, -0.15) is 0 Å². The van der Waals surface area contributed by atoms with Gasteiger partial charge in [0.2, 0.25) is 0 Å². The largest absolute Gasteiger partial charge is 0.480 e. The van der Waals surface area contributed by atoms with Crippen LogP contribution >= 0.6 is 11.8 Å². The molecule has 0 aromatic heterocycles. The molecule has 0 bridgehead atoms. The van der Waals surface area contributed by atoms with E-state index in [2.05, 4.69) is 0 Å². The van der Waals surface area contributed by atoms with Crippen molar-refractivity contribution in [1.29, 1.82) is 0 Å². The number of hydrogen-bond donors (Lipinski definition) is 1. The fraction of sp³-hybridized carbons (Fsp3) is 0.222. The van der Waals surface area contributed by atoms with Crippen molar-refractivity contribution in [3.05, 3.63) is 60.2 Å². The summed E-state index contributed by atoms with van der Waals surface area (Å²) in [5.41, 5.74) is 3.33. The predicted molar refractivity (Wildman–Crippen MR) is 89.9 cm³/mol. The molecule has 0 aliphatic heterocycles. The molecule has 0 aliphatic rings. The third-order valence-corrected chi connectivity index (χ3v) is 4.42. The SMILES string of the molecule is CC(=O)SC(CCc1ccccc1-c1ccccc1)C(=O)O. The Bertz CT molecular complexity index is 652. The summed E-state index contributed by atoms with van der Waals surface area (Å²) >= 11 is 0.890. The number of aryl methyl sites for hydroxylation is 1. The van der Waals surface area contributed by atoms with E-state index in [0.29, 0.717) is 12.8 Å². The molecule has 114 valence electrons. The average molecular weight is 314 g/mol. The zero-order valence-electron chi connectivity index (χ0n) is 12.4. The lowest BCUT2D eigenvalue weighted by Gasteiger charge is -2.13. The molecule has 0 aliphatic carbocycles. The van der Waals surface area contributed by atoms with Gasteiger partial charge in [0.15, 0.2) is 5.12 Å². The number of hydrogen-bond acceptors (Lipinski definition) is 3. The molecule has 4 heteroatoms. The van der Waals surface area contributed by atoms with E-state index in [1.165, 1.54) is 6.92 Å². The maximum absolute atomic E-state index is 11.2. The van der Waals surface area contributed by atoms with Crippen LogP contribution in [0.25, 0.3) is 11.1 Å². The van der Waals surface area contributed by atoms with Crippen molar-refractivity contribution in [1.82, 2.24) is 0 Å². The van der Waals surface area contributed by atoms with E-state index >= 15 is 0 Å². The van der Waals surface area contributed by atoms with Crippen LogP contribution in [0.4, 0.5) is 0 Å². The van der Waals surface area contributed by atoms with Crippen LogP contribution in [-0.2, 0) is 16.0 Å². The summed E-state index contributed by atoms with van der Waals surface area (Å²) in [5, 5.41) is 8.36. The first-order valence-electron chi connectivity index (χ1n) is 7.11. The summed E-state index contributed by atoms with van der Waals surface area (Å²) < 4.78 is 0. The van der Waals surface area contributed by atoms with E-state index < -0.39 is 11.2 Å². The van der Waals surface area contributed by atoms with E-state index in [-0.39, 0.29) is 5.12 Å². The van der Waals surface area contributed by atoms with Gasteiger partial charge in [0.25, 0.3) is 0 Å². The molecule has 0 spiro atoms. The van der Waals surface area contributed by atoms with Gasteiger partial charge in [-0.25, -0.2) is 0 Å². The Morgan fingerprint density at radius 2 is 1.68 bits per heavy atom. The molecule has 1 N–H and O–H groups in total. The molecular weight excluding hydrogens is 296 g/mol. The Morgan fingerprint density at radius 3 is 2.32 bits per heavy atom. The van der Waals surface area contributed by atoms with Crippen LogP contribution in [0.2, 0.25) is 0 Å². The highest BCUT2D eigenvalue weighted by atomic mass is 32.2. The Kier molecular flexibility index (Phi) is 5.78. The zero-order chi connectivity index (χ0) is 15.9. The van der Waals surface area contributed by atoms with E-state index in [1.54, 1.807) is 0 Å². The lowest BCUT2D eigenvalue weighted by atomic mass is 9.96. The molecule has 0 saturated carbocycles. The first-order valence-corrected chi connectivity index (χ1v) is 7.99. The number of aliphatic carboxylic acids is 1. The number of rotatable bonds is 6. The Balaban J connectivity index is 2.16. The van der Waals surface area contributed by atoms with Gasteiger partial charge in [-0.3, -0.25) is 9.59 Å². The smallest absolute Gasteiger partial charge is 0.317 e.